The highest BCUT2D eigenvalue weighted by atomic mass is 14.3. The zero-order valence-electron chi connectivity index (χ0n) is 10.7. The molecule has 0 N–H and O–H groups in total. The molecule has 0 bridgehead atoms. The van der Waals surface area contributed by atoms with E-state index in [1.807, 2.05) is 0 Å². The minimum absolute atomic E-state index is 1.02. The molecule has 2 rings (SSSR count). The predicted molar refractivity (Wildman–Crippen MR) is 66.9 cm³/mol. The third kappa shape index (κ3) is 2.98. The van der Waals surface area contributed by atoms with Gasteiger partial charge in [-0.3, -0.25) is 0 Å². The Morgan fingerprint density at radius 1 is 0.867 bits per heavy atom. The van der Waals surface area contributed by atoms with Crippen LogP contribution in [-0.4, -0.2) is 0 Å². The molecular weight excluding hydrogens is 180 g/mol. The molecule has 0 saturated heterocycles. The van der Waals surface area contributed by atoms with Crippen molar-refractivity contribution in [3.63, 3.8) is 0 Å². The van der Waals surface area contributed by atoms with E-state index < -0.39 is 0 Å². The Bertz CT molecular complexity index is 176. The highest BCUT2D eigenvalue weighted by Crippen LogP contribution is 2.42. The molecule has 2 aliphatic carbocycles. The Labute approximate surface area is 95.8 Å². The minimum Gasteiger partial charge on any atom is -0.0651 e. The Hall–Kier alpha value is 0. The topological polar surface area (TPSA) is 0 Å². The van der Waals surface area contributed by atoms with Gasteiger partial charge in [-0.1, -0.05) is 52.4 Å². The standard InChI is InChI=1S/C15H28/c1-3-13-5-4-6-15(11-13)14-9-7-12(2)8-10-14/h12-15H,3-11H2,1-2H3. The Balaban J connectivity index is 1.82. The average Bonchev–Trinajstić information content (AvgIpc) is 2.30. The number of rotatable bonds is 2. The van der Waals surface area contributed by atoms with Crippen molar-refractivity contribution in [1.29, 1.82) is 0 Å². The summed E-state index contributed by atoms with van der Waals surface area (Å²) in [4.78, 5) is 0. The number of hydrogen-bond acceptors (Lipinski definition) is 0. The second-order valence-electron chi connectivity index (χ2n) is 6.22. The van der Waals surface area contributed by atoms with Crippen LogP contribution in [0.3, 0.4) is 0 Å². The molecule has 0 amide bonds. The van der Waals surface area contributed by atoms with Gasteiger partial charge in [0, 0.05) is 0 Å². The van der Waals surface area contributed by atoms with E-state index in [4.69, 9.17) is 0 Å². The first-order chi connectivity index (χ1) is 7.29. The first-order valence-corrected chi connectivity index (χ1v) is 7.29. The van der Waals surface area contributed by atoms with Gasteiger partial charge in [0.1, 0.15) is 0 Å². The summed E-state index contributed by atoms with van der Waals surface area (Å²) in [5, 5.41) is 0. The van der Waals surface area contributed by atoms with E-state index in [-0.39, 0.29) is 0 Å². The maximum atomic E-state index is 2.44. The lowest BCUT2D eigenvalue weighted by Gasteiger charge is -2.37. The van der Waals surface area contributed by atoms with E-state index in [0.717, 1.165) is 23.7 Å². The minimum atomic E-state index is 1.02. The van der Waals surface area contributed by atoms with E-state index in [1.165, 1.54) is 32.1 Å². The largest absolute Gasteiger partial charge is 0.0651 e. The Morgan fingerprint density at radius 2 is 1.60 bits per heavy atom. The molecule has 15 heavy (non-hydrogen) atoms. The van der Waals surface area contributed by atoms with E-state index in [2.05, 4.69) is 13.8 Å². The first kappa shape index (κ1) is 11.5. The van der Waals surface area contributed by atoms with Crippen molar-refractivity contribution in [2.75, 3.05) is 0 Å². The second-order valence-corrected chi connectivity index (χ2v) is 6.22. The van der Waals surface area contributed by atoms with Gasteiger partial charge in [0.2, 0.25) is 0 Å². The van der Waals surface area contributed by atoms with Gasteiger partial charge in [0.25, 0.3) is 0 Å². The molecule has 2 fully saturated rings. The van der Waals surface area contributed by atoms with Crippen LogP contribution < -0.4 is 0 Å². The molecule has 0 aromatic rings. The molecule has 0 aliphatic heterocycles. The van der Waals surface area contributed by atoms with Crippen molar-refractivity contribution in [2.24, 2.45) is 23.7 Å². The summed E-state index contributed by atoms with van der Waals surface area (Å²) in [5.74, 6) is 4.31. The third-order valence-corrected chi connectivity index (χ3v) is 5.13. The van der Waals surface area contributed by atoms with Gasteiger partial charge in [-0.05, 0) is 42.9 Å². The van der Waals surface area contributed by atoms with Crippen LogP contribution in [-0.2, 0) is 0 Å². The van der Waals surface area contributed by atoms with Crippen molar-refractivity contribution in [2.45, 2.75) is 71.6 Å². The van der Waals surface area contributed by atoms with Gasteiger partial charge >= 0.3 is 0 Å². The van der Waals surface area contributed by atoms with Gasteiger partial charge in [-0.15, -0.1) is 0 Å². The summed E-state index contributed by atoms with van der Waals surface area (Å²) in [6, 6.07) is 0. The van der Waals surface area contributed by atoms with Crippen molar-refractivity contribution < 1.29 is 0 Å². The van der Waals surface area contributed by atoms with Crippen LogP contribution in [0.2, 0.25) is 0 Å². The summed E-state index contributed by atoms with van der Waals surface area (Å²) in [7, 11) is 0. The fourth-order valence-corrected chi connectivity index (χ4v) is 3.89. The summed E-state index contributed by atoms with van der Waals surface area (Å²) in [5.41, 5.74) is 0. The smallest absolute Gasteiger partial charge is 0.0383 e. The molecule has 88 valence electrons. The van der Waals surface area contributed by atoms with E-state index in [0.29, 0.717) is 0 Å². The molecule has 2 saturated carbocycles. The lowest BCUT2D eigenvalue weighted by molar-refractivity contribution is 0.142. The van der Waals surface area contributed by atoms with Crippen molar-refractivity contribution in [3.05, 3.63) is 0 Å². The molecule has 0 heterocycles. The van der Waals surface area contributed by atoms with E-state index >= 15 is 0 Å². The fraction of sp³-hybridized carbons (Fsp3) is 1.00. The van der Waals surface area contributed by atoms with E-state index in [9.17, 15) is 0 Å². The van der Waals surface area contributed by atoms with Crippen LogP contribution in [0.1, 0.15) is 71.6 Å². The Kier molecular flexibility index (Phi) is 4.11. The lowest BCUT2D eigenvalue weighted by atomic mass is 9.68. The molecule has 2 unspecified atom stereocenters. The molecule has 0 spiro atoms. The Morgan fingerprint density at radius 3 is 2.27 bits per heavy atom. The summed E-state index contributed by atoms with van der Waals surface area (Å²) >= 11 is 0. The van der Waals surface area contributed by atoms with Crippen LogP contribution in [0, 0.1) is 23.7 Å². The lowest BCUT2D eigenvalue weighted by Crippen LogP contribution is -2.25. The summed E-state index contributed by atoms with van der Waals surface area (Å²) in [6.07, 6.45) is 13.7. The SMILES string of the molecule is CCC1CCCC(C2CCC(C)CC2)C1. The predicted octanol–water partition coefficient (Wildman–Crippen LogP) is 5.03. The van der Waals surface area contributed by atoms with E-state index in [1.54, 1.807) is 25.7 Å². The van der Waals surface area contributed by atoms with Crippen LogP contribution >= 0.6 is 0 Å². The maximum absolute atomic E-state index is 2.44. The van der Waals surface area contributed by atoms with Gasteiger partial charge in [0.15, 0.2) is 0 Å². The molecule has 0 radical (unpaired) electrons. The average molecular weight is 208 g/mol. The summed E-state index contributed by atoms with van der Waals surface area (Å²) in [6.45, 7) is 4.82. The zero-order chi connectivity index (χ0) is 10.7. The molecule has 0 heteroatoms. The van der Waals surface area contributed by atoms with Crippen molar-refractivity contribution >= 4 is 0 Å². The van der Waals surface area contributed by atoms with Gasteiger partial charge in [-0.25, -0.2) is 0 Å². The monoisotopic (exact) mass is 208 g/mol. The molecule has 2 atom stereocenters. The third-order valence-electron chi connectivity index (χ3n) is 5.13. The van der Waals surface area contributed by atoms with Crippen molar-refractivity contribution in [3.8, 4) is 0 Å². The van der Waals surface area contributed by atoms with Gasteiger partial charge < -0.3 is 0 Å². The fourth-order valence-electron chi connectivity index (χ4n) is 3.89. The quantitative estimate of drug-likeness (QED) is 0.597. The first-order valence-electron chi connectivity index (χ1n) is 7.29. The molecule has 0 aromatic heterocycles. The van der Waals surface area contributed by atoms with Crippen molar-refractivity contribution in [1.82, 2.24) is 0 Å². The van der Waals surface area contributed by atoms with Gasteiger partial charge in [-0.2, -0.15) is 0 Å². The maximum Gasteiger partial charge on any atom is -0.0383 e. The van der Waals surface area contributed by atoms with Crippen LogP contribution in [0.4, 0.5) is 0 Å². The number of hydrogen-bond donors (Lipinski definition) is 0. The molecule has 0 aromatic carbocycles. The van der Waals surface area contributed by atoms with Crippen LogP contribution in [0.25, 0.3) is 0 Å². The highest BCUT2D eigenvalue weighted by molar-refractivity contribution is 4.81. The molecule has 0 nitrogen and oxygen atoms in total. The molecular formula is C15H28. The zero-order valence-corrected chi connectivity index (χ0v) is 10.7. The second kappa shape index (κ2) is 5.37. The highest BCUT2D eigenvalue weighted by Gasteiger charge is 2.29. The van der Waals surface area contributed by atoms with Gasteiger partial charge in [0.05, 0.1) is 0 Å². The normalized spacial score (nSPS) is 42.8. The van der Waals surface area contributed by atoms with Crippen LogP contribution in [0.15, 0.2) is 0 Å². The van der Waals surface area contributed by atoms with Crippen LogP contribution in [0.5, 0.6) is 0 Å². The summed E-state index contributed by atoms with van der Waals surface area (Å²) < 4.78 is 0. The molecule has 2 aliphatic rings.